The molecule has 0 saturated carbocycles. The molecule has 2 aromatic carbocycles. The molecule has 6 heteroatoms. The first-order valence-electron chi connectivity index (χ1n) is 8.60. The van der Waals surface area contributed by atoms with Gasteiger partial charge in [0.15, 0.2) is 0 Å². The molecule has 1 fully saturated rings. The molecule has 0 spiro atoms. The predicted molar refractivity (Wildman–Crippen MR) is 103 cm³/mol. The number of hydrogen-bond donors (Lipinski definition) is 1. The van der Waals surface area contributed by atoms with E-state index in [-0.39, 0.29) is 17.7 Å². The number of amides is 2. The van der Waals surface area contributed by atoms with Crippen molar-refractivity contribution in [2.45, 2.75) is 19.4 Å². The van der Waals surface area contributed by atoms with Crippen LogP contribution in [0, 0.1) is 5.92 Å². The minimum Gasteiger partial charge on any atom is -0.352 e. The Morgan fingerprint density at radius 2 is 1.69 bits per heavy atom. The van der Waals surface area contributed by atoms with Crippen LogP contribution >= 0.6 is 23.2 Å². The summed E-state index contributed by atoms with van der Waals surface area (Å²) in [5.74, 6) is -0.0845. The molecular weight excluding hydrogens is 371 g/mol. The number of hydrogen-bond acceptors (Lipinski definition) is 2. The van der Waals surface area contributed by atoms with Gasteiger partial charge in [-0.2, -0.15) is 0 Å². The van der Waals surface area contributed by atoms with E-state index in [4.69, 9.17) is 23.2 Å². The zero-order valence-electron chi connectivity index (χ0n) is 14.3. The van der Waals surface area contributed by atoms with Crippen LogP contribution in [-0.2, 0) is 11.3 Å². The Kier molecular flexibility index (Phi) is 6.17. The normalized spacial score (nSPS) is 14.9. The smallest absolute Gasteiger partial charge is 0.253 e. The Bertz CT molecular complexity index is 788. The van der Waals surface area contributed by atoms with Crippen LogP contribution in [0.25, 0.3) is 0 Å². The van der Waals surface area contributed by atoms with Crippen LogP contribution in [0.4, 0.5) is 0 Å². The number of rotatable bonds is 4. The van der Waals surface area contributed by atoms with E-state index in [9.17, 15) is 9.59 Å². The van der Waals surface area contributed by atoms with Crippen LogP contribution in [0.3, 0.4) is 0 Å². The second-order valence-corrected chi connectivity index (χ2v) is 7.21. The van der Waals surface area contributed by atoms with E-state index in [0.29, 0.717) is 48.1 Å². The van der Waals surface area contributed by atoms with Crippen molar-refractivity contribution in [1.29, 1.82) is 0 Å². The molecule has 26 heavy (non-hydrogen) atoms. The summed E-state index contributed by atoms with van der Waals surface area (Å²) in [6.45, 7) is 1.65. The highest BCUT2D eigenvalue weighted by molar-refractivity contribution is 6.42. The fraction of sp³-hybridized carbons (Fsp3) is 0.300. The fourth-order valence-electron chi connectivity index (χ4n) is 3.09. The summed E-state index contributed by atoms with van der Waals surface area (Å²) in [6, 6.07) is 14.7. The molecule has 0 bridgehead atoms. The number of nitrogens with zero attached hydrogens (tertiary/aromatic N) is 1. The standard InChI is InChI=1S/C20H20Cl2N2O2/c21-17-7-6-16(12-18(17)22)20(26)24-10-8-15(9-11-24)19(25)23-13-14-4-2-1-3-5-14/h1-7,12,15H,8-11,13H2,(H,23,25). The van der Waals surface area contributed by atoms with Crippen molar-refractivity contribution in [3.63, 3.8) is 0 Å². The number of nitrogens with one attached hydrogen (secondary N) is 1. The third-order valence-electron chi connectivity index (χ3n) is 4.63. The maximum Gasteiger partial charge on any atom is 0.253 e. The second kappa shape index (κ2) is 8.56. The number of carbonyl (C=O) groups is 2. The van der Waals surface area contributed by atoms with Gasteiger partial charge in [0, 0.05) is 31.1 Å². The van der Waals surface area contributed by atoms with Gasteiger partial charge in [-0.15, -0.1) is 0 Å². The Hall–Kier alpha value is -2.04. The van der Waals surface area contributed by atoms with Crippen molar-refractivity contribution in [1.82, 2.24) is 10.2 Å². The summed E-state index contributed by atoms with van der Waals surface area (Å²) in [7, 11) is 0. The number of carbonyl (C=O) groups excluding carboxylic acids is 2. The van der Waals surface area contributed by atoms with Crippen molar-refractivity contribution in [3.8, 4) is 0 Å². The van der Waals surface area contributed by atoms with Crippen LogP contribution in [0.1, 0.15) is 28.8 Å². The van der Waals surface area contributed by atoms with Crippen molar-refractivity contribution >= 4 is 35.0 Å². The topological polar surface area (TPSA) is 49.4 Å². The van der Waals surface area contributed by atoms with Crippen LogP contribution in [-0.4, -0.2) is 29.8 Å². The van der Waals surface area contributed by atoms with E-state index >= 15 is 0 Å². The molecule has 2 aromatic rings. The number of benzene rings is 2. The van der Waals surface area contributed by atoms with E-state index in [0.717, 1.165) is 5.56 Å². The van der Waals surface area contributed by atoms with Gasteiger partial charge in [0.05, 0.1) is 10.0 Å². The highest BCUT2D eigenvalue weighted by Gasteiger charge is 2.27. The maximum atomic E-state index is 12.6. The van der Waals surface area contributed by atoms with Gasteiger partial charge in [0.25, 0.3) is 5.91 Å². The zero-order chi connectivity index (χ0) is 18.5. The van der Waals surface area contributed by atoms with Gasteiger partial charge in [-0.3, -0.25) is 9.59 Å². The van der Waals surface area contributed by atoms with Crippen LogP contribution in [0.15, 0.2) is 48.5 Å². The summed E-state index contributed by atoms with van der Waals surface area (Å²) in [4.78, 5) is 26.7. The fourth-order valence-corrected chi connectivity index (χ4v) is 3.38. The molecule has 0 atom stereocenters. The first kappa shape index (κ1) is 18.7. The van der Waals surface area contributed by atoms with Gasteiger partial charge in [-0.25, -0.2) is 0 Å². The lowest BCUT2D eigenvalue weighted by molar-refractivity contribution is -0.126. The van der Waals surface area contributed by atoms with Gasteiger partial charge in [-0.1, -0.05) is 53.5 Å². The summed E-state index contributed by atoms with van der Waals surface area (Å²) < 4.78 is 0. The average Bonchev–Trinajstić information content (AvgIpc) is 2.68. The molecule has 0 radical (unpaired) electrons. The second-order valence-electron chi connectivity index (χ2n) is 6.40. The first-order valence-corrected chi connectivity index (χ1v) is 9.36. The molecule has 0 aliphatic carbocycles. The molecule has 4 nitrogen and oxygen atoms in total. The quantitative estimate of drug-likeness (QED) is 0.851. The Morgan fingerprint density at radius 3 is 2.35 bits per heavy atom. The van der Waals surface area contributed by atoms with Crippen molar-refractivity contribution in [2.24, 2.45) is 5.92 Å². The van der Waals surface area contributed by atoms with Crippen LogP contribution in [0.2, 0.25) is 10.0 Å². The third-order valence-corrected chi connectivity index (χ3v) is 5.37. The highest BCUT2D eigenvalue weighted by Crippen LogP contribution is 2.25. The van der Waals surface area contributed by atoms with E-state index < -0.39 is 0 Å². The Labute approximate surface area is 163 Å². The molecule has 1 N–H and O–H groups in total. The van der Waals surface area contributed by atoms with Gasteiger partial charge in [0.2, 0.25) is 5.91 Å². The van der Waals surface area contributed by atoms with Gasteiger partial charge >= 0.3 is 0 Å². The van der Waals surface area contributed by atoms with Crippen molar-refractivity contribution in [2.75, 3.05) is 13.1 Å². The lowest BCUT2D eigenvalue weighted by Gasteiger charge is -2.31. The van der Waals surface area contributed by atoms with E-state index in [1.807, 2.05) is 30.3 Å². The molecule has 3 rings (SSSR count). The SMILES string of the molecule is O=C(NCc1ccccc1)C1CCN(C(=O)c2ccc(Cl)c(Cl)c2)CC1. The Balaban J connectivity index is 1.51. The van der Waals surface area contributed by atoms with Gasteiger partial charge < -0.3 is 10.2 Å². The largest absolute Gasteiger partial charge is 0.352 e. The van der Waals surface area contributed by atoms with Crippen molar-refractivity contribution in [3.05, 3.63) is 69.7 Å². The molecule has 1 aliphatic rings. The molecule has 1 heterocycles. The van der Waals surface area contributed by atoms with E-state index in [2.05, 4.69) is 5.32 Å². The summed E-state index contributed by atoms with van der Waals surface area (Å²) in [5, 5.41) is 3.78. The monoisotopic (exact) mass is 390 g/mol. The molecule has 136 valence electrons. The van der Waals surface area contributed by atoms with Crippen LogP contribution < -0.4 is 5.32 Å². The van der Waals surface area contributed by atoms with Gasteiger partial charge in [0.1, 0.15) is 0 Å². The number of piperidine rings is 1. The molecular formula is C20H20Cl2N2O2. The summed E-state index contributed by atoms with van der Waals surface area (Å²) >= 11 is 11.9. The summed E-state index contributed by atoms with van der Waals surface area (Å²) in [5.41, 5.74) is 1.60. The Morgan fingerprint density at radius 1 is 1.00 bits per heavy atom. The van der Waals surface area contributed by atoms with Crippen LogP contribution in [0.5, 0.6) is 0 Å². The summed E-state index contributed by atoms with van der Waals surface area (Å²) in [6.07, 6.45) is 1.32. The molecule has 1 aliphatic heterocycles. The minimum absolute atomic E-state index is 0.0514. The third kappa shape index (κ3) is 4.57. The van der Waals surface area contributed by atoms with E-state index in [1.165, 1.54) is 0 Å². The maximum absolute atomic E-state index is 12.6. The minimum atomic E-state index is -0.0771. The lowest BCUT2D eigenvalue weighted by Crippen LogP contribution is -2.42. The molecule has 0 unspecified atom stereocenters. The predicted octanol–water partition coefficient (Wildman–Crippen LogP) is 4.16. The van der Waals surface area contributed by atoms with E-state index in [1.54, 1.807) is 23.1 Å². The van der Waals surface area contributed by atoms with Gasteiger partial charge in [-0.05, 0) is 36.6 Å². The molecule has 2 amide bonds. The average molecular weight is 391 g/mol. The molecule has 0 aromatic heterocycles. The molecule has 1 saturated heterocycles. The highest BCUT2D eigenvalue weighted by atomic mass is 35.5. The lowest BCUT2D eigenvalue weighted by atomic mass is 9.95. The number of likely N-dealkylation sites (tertiary alicyclic amines) is 1. The number of halogens is 2. The zero-order valence-corrected chi connectivity index (χ0v) is 15.8. The first-order chi connectivity index (χ1) is 12.5. The van der Waals surface area contributed by atoms with Crippen molar-refractivity contribution < 1.29 is 9.59 Å².